The van der Waals surface area contributed by atoms with Crippen molar-refractivity contribution in [1.29, 1.82) is 0 Å². The SMILES string of the molecule is CCCCC/C=C\C/C=C\CCCCCCCC(=O)OC(COC(=O)CCCCCCCCCCCCCCCC)COC(OCC[N+](C)(C)C)C(=O)[O-]. The number of unbranched alkanes of at least 4 members (excludes halogenated alkanes) is 21. The predicted octanol–water partition coefficient (Wildman–Crippen LogP) is 9.94. The number of allylic oxidation sites excluding steroid dienone is 4. The van der Waals surface area contributed by atoms with Gasteiger partial charge in [0.1, 0.15) is 13.2 Å². The van der Waals surface area contributed by atoms with Crippen LogP contribution in [0.2, 0.25) is 0 Å². The number of quaternary nitrogens is 1. The topological polar surface area (TPSA) is 111 Å². The fourth-order valence-corrected chi connectivity index (χ4v) is 5.98. The molecular formula is C45H83NO8. The van der Waals surface area contributed by atoms with E-state index in [1.165, 1.54) is 96.3 Å². The minimum atomic E-state index is -1.62. The van der Waals surface area contributed by atoms with E-state index in [1.807, 2.05) is 21.1 Å². The van der Waals surface area contributed by atoms with Crippen molar-refractivity contribution in [3.05, 3.63) is 24.3 Å². The first-order chi connectivity index (χ1) is 26.1. The smallest absolute Gasteiger partial charge is 0.306 e. The standard InChI is InChI=1S/C45H83NO8/c1-6-8-10-12-14-16-18-20-22-24-26-28-30-32-34-36-43(48)54-41(40-53-45(44(49)50)51-38-37-46(3,4)5)39-52-42(47)35-33-31-29-27-25-23-21-19-17-15-13-11-9-7-2/h14,16,20,22,41,45H,6-13,15,17-19,21,23-40H2,1-5H3/b16-14-,22-20-. The normalized spacial score (nSPS) is 13.1. The Morgan fingerprint density at radius 1 is 0.556 bits per heavy atom. The van der Waals surface area contributed by atoms with Gasteiger partial charge in [0.05, 0.1) is 40.3 Å². The summed E-state index contributed by atoms with van der Waals surface area (Å²) in [4.78, 5) is 36.9. The molecule has 54 heavy (non-hydrogen) atoms. The van der Waals surface area contributed by atoms with Crippen LogP contribution >= 0.6 is 0 Å². The van der Waals surface area contributed by atoms with Crippen molar-refractivity contribution in [2.45, 2.75) is 200 Å². The van der Waals surface area contributed by atoms with Gasteiger partial charge in [-0.05, 0) is 44.9 Å². The number of carbonyl (C=O) groups excluding carboxylic acids is 3. The zero-order valence-corrected chi connectivity index (χ0v) is 35.6. The van der Waals surface area contributed by atoms with Crippen molar-refractivity contribution in [3.8, 4) is 0 Å². The molecule has 0 aromatic heterocycles. The number of carbonyl (C=O) groups is 3. The minimum Gasteiger partial charge on any atom is -0.545 e. The fraction of sp³-hybridized carbons (Fsp3) is 0.844. The number of nitrogens with zero attached hydrogens (tertiary/aromatic N) is 1. The van der Waals surface area contributed by atoms with Crippen LogP contribution in [0.25, 0.3) is 0 Å². The van der Waals surface area contributed by atoms with E-state index in [-0.39, 0.29) is 32.2 Å². The summed E-state index contributed by atoms with van der Waals surface area (Å²) in [5.74, 6) is -2.30. The summed E-state index contributed by atoms with van der Waals surface area (Å²) < 4.78 is 22.5. The van der Waals surface area contributed by atoms with E-state index in [4.69, 9.17) is 18.9 Å². The van der Waals surface area contributed by atoms with Gasteiger partial charge < -0.3 is 33.3 Å². The lowest BCUT2D eigenvalue weighted by atomic mass is 10.0. The number of hydrogen-bond donors (Lipinski definition) is 0. The van der Waals surface area contributed by atoms with Crippen molar-refractivity contribution in [1.82, 2.24) is 0 Å². The highest BCUT2D eigenvalue weighted by atomic mass is 16.7. The molecule has 0 heterocycles. The third-order valence-corrected chi connectivity index (χ3v) is 9.45. The number of carboxylic acid groups (broad SMARTS) is 1. The molecule has 0 aliphatic carbocycles. The molecule has 0 amide bonds. The second-order valence-corrected chi connectivity index (χ2v) is 16.0. The summed E-state index contributed by atoms with van der Waals surface area (Å²) in [6.45, 7) is 4.70. The molecule has 0 saturated heterocycles. The third-order valence-electron chi connectivity index (χ3n) is 9.45. The molecule has 0 fully saturated rings. The Kier molecular flexibility index (Phi) is 36.1. The Morgan fingerprint density at radius 3 is 1.50 bits per heavy atom. The van der Waals surface area contributed by atoms with Crippen LogP contribution in [-0.4, -0.2) is 82.3 Å². The van der Waals surface area contributed by atoms with Crippen LogP contribution in [0.1, 0.15) is 187 Å². The second-order valence-electron chi connectivity index (χ2n) is 16.0. The minimum absolute atomic E-state index is 0.146. The molecule has 0 aromatic carbocycles. The van der Waals surface area contributed by atoms with Gasteiger partial charge in [-0.3, -0.25) is 9.59 Å². The summed E-state index contributed by atoms with van der Waals surface area (Å²) in [5, 5.41) is 11.7. The van der Waals surface area contributed by atoms with Crippen molar-refractivity contribution < 1.29 is 42.9 Å². The number of aliphatic carboxylic acids is 1. The second kappa shape index (κ2) is 37.7. The lowest BCUT2D eigenvalue weighted by Gasteiger charge is -2.26. The number of ether oxygens (including phenoxy) is 4. The van der Waals surface area contributed by atoms with Gasteiger partial charge >= 0.3 is 11.9 Å². The third kappa shape index (κ3) is 38.1. The molecule has 0 aromatic rings. The lowest BCUT2D eigenvalue weighted by molar-refractivity contribution is -0.870. The highest BCUT2D eigenvalue weighted by molar-refractivity contribution is 5.70. The van der Waals surface area contributed by atoms with Crippen LogP contribution < -0.4 is 5.11 Å². The number of likely N-dealkylation sites (N-methyl/N-ethyl adjacent to an activating group) is 1. The Hall–Kier alpha value is -2.23. The molecule has 0 aliphatic rings. The Morgan fingerprint density at radius 2 is 1.00 bits per heavy atom. The molecule has 0 radical (unpaired) electrons. The highest BCUT2D eigenvalue weighted by Gasteiger charge is 2.21. The summed E-state index contributed by atoms with van der Waals surface area (Å²) >= 11 is 0. The predicted molar refractivity (Wildman–Crippen MR) is 219 cm³/mol. The van der Waals surface area contributed by atoms with E-state index < -0.39 is 24.3 Å². The molecule has 0 rings (SSSR count). The van der Waals surface area contributed by atoms with E-state index in [2.05, 4.69) is 38.2 Å². The molecule has 9 nitrogen and oxygen atoms in total. The van der Waals surface area contributed by atoms with Gasteiger partial charge in [0.2, 0.25) is 0 Å². The van der Waals surface area contributed by atoms with Crippen LogP contribution in [0.5, 0.6) is 0 Å². The van der Waals surface area contributed by atoms with E-state index in [9.17, 15) is 19.5 Å². The Labute approximate surface area is 331 Å². The van der Waals surface area contributed by atoms with Gasteiger partial charge in [0, 0.05) is 12.8 Å². The maximum absolute atomic E-state index is 12.7. The molecule has 0 N–H and O–H groups in total. The maximum atomic E-state index is 12.7. The molecular weight excluding hydrogens is 682 g/mol. The monoisotopic (exact) mass is 766 g/mol. The van der Waals surface area contributed by atoms with Gasteiger partial charge in [0.25, 0.3) is 0 Å². The van der Waals surface area contributed by atoms with Gasteiger partial charge in [0.15, 0.2) is 12.4 Å². The number of rotatable bonds is 40. The first kappa shape index (κ1) is 51.8. The zero-order valence-electron chi connectivity index (χ0n) is 35.6. The van der Waals surface area contributed by atoms with E-state index in [0.29, 0.717) is 23.9 Å². The quantitative estimate of drug-likeness (QED) is 0.0199. The largest absolute Gasteiger partial charge is 0.545 e. The van der Waals surface area contributed by atoms with Crippen LogP contribution in [0.15, 0.2) is 24.3 Å². The number of esters is 2. The lowest BCUT2D eigenvalue weighted by Crippen LogP contribution is -2.44. The number of hydrogen-bond acceptors (Lipinski definition) is 8. The van der Waals surface area contributed by atoms with Crippen LogP contribution in [0.4, 0.5) is 0 Å². The highest BCUT2D eigenvalue weighted by Crippen LogP contribution is 2.14. The first-order valence-electron chi connectivity index (χ1n) is 22.0. The van der Waals surface area contributed by atoms with Crippen molar-refractivity contribution in [2.24, 2.45) is 0 Å². The fourth-order valence-electron chi connectivity index (χ4n) is 5.98. The van der Waals surface area contributed by atoms with Gasteiger partial charge in [-0.15, -0.1) is 0 Å². The van der Waals surface area contributed by atoms with Crippen molar-refractivity contribution in [2.75, 3.05) is 47.5 Å². The molecule has 2 unspecified atom stereocenters. The maximum Gasteiger partial charge on any atom is 0.306 e. The molecule has 2 atom stereocenters. The van der Waals surface area contributed by atoms with Crippen molar-refractivity contribution >= 4 is 17.9 Å². The summed E-state index contributed by atoms with van der Waals surface area (Å²) in [7, 11) is 5.90. The molecule has 316 valence electrons. The Balaban J connectivity index is 4.47. The summed E-state index contributed by atoms with van der Waals surface area (Å²) in [6.07, 6.45) is 36.3. The van der Waals surface area contributed by atoms with Gasteiger partial charge in [-0.1, -0.05) is 154 Å². The first-order valence-corrected chi connectivity index (χ1v) is 22.0. The Bertz CT molecular complexity index is 944. The molecule has 0 aliphatic heterocycles. The van der Waals surface area contributed by atoms with Crippen LogP contribution in [-0.2, 0) is 33.3 Å². The summed E-state index contributed by atoms with van der Waals surface area (Å²) in [6, 6.07) is 0. The molecule has 0 spiro atoms. The van der Waals surface area contributed by atoms with Crippen LogP contribution in [0, 0.1) is 0 Å². The van der Waals surface area contributed by atoms with Crippen molar-refractivity contribution in [3.63, 3.8) is 0 Å². The average molecular weight is 766 g/mol. The van der Waals surface area contributed by atoms with Gasteiger partial charge in [-0.25, -0.2) is 0 Å². The van der Waals surface area contributed by atoms with E-state index in [0.717, 1.165) is 57.8 Å². The summed E-state index contributed by atoms with van der Waals surface area (Å²) in [5.41, 5.74) is 0. The molecule has 0 saturated carbocycles. The van der Waals surface area contributed by atoms with Gasteiger partial charge in [-0.2, -0.15) is 0 Å². The molecule has 0 bridgehead atoms. The van der Waals surface area contributed by atoms with E-state index >= 15 is 0 Å². The molecule has 9 heteroatoms. The zero-order chi connectivity index (χ0) is 40.0. The van der Waals surface area contributed by atoms with E-state index in [1.54, 1.807) is 0 Å². The van der Waals surface area contributed by atoms with Crippen LogP contribution in [0.3, 0.4) is 0 Å². The number of carboxylic acids is 1. The average Bonchev–Trinajstić information content (AvgIpc) is 3.12.